The predicted molar refractivity (Wildman–Crippen MR) is 78.5 cm³/mol. The average Bonchev–Trinajstić information content (AvgIpc) is 2.37. The molecule has 0 saturated heterocycles. The van der Waals surface area contributed by atoms with Crippen molar-refractivity contribution in [2.45, 2.75) is 71.7 Å². The molecule has 122 valence electrons. The summed E-state index contributed by atoms with van der Waals surface area (Å²) in [7, 11) is 0. The molecule has 2 N–H and O–H groups in total. The topological polar surface area (TPSA) is 83.8 Å². The van der Waals surface area contributed by atoms with Crippen LogP contribution in [0.3, 0.4) is 0 Å². The van der Waals surface area contributed by atoms with E-state index < -0.39 is 23.5 Å². The van der Waals surface area contributed by atoms with Gasteiger partial charge in [0.15, 0.2) is 0 Å². The molecule has 1 fully saturated rings. The first kappa shape index (κ1) is 18.1. The number of hydrogen-bond acceptors (Lipinski definition) is 5. The van der Waals surface area contributed by atoms with Crippen LogP contribution >= 0.6 is 0 Å². The lowest BCUT2D eigenvalue weighted by Gasteiger charge is -2.37. The average molecular weight is 300 g/mol. The Balaban J connectivity index is 2.81. The number of esters is 1. The summed E-state index contributed by atoms with van der Waals surface area (Å²) < 4.78 is 5.45. The summed E-state index contributed by atoms with van der Waals surface area (Å²) in [5.41, 5.74) is -2.30. The number of ketones is 1. The molecule has 0 spiro atoms. The molecule has 0 aliphatic heterocycles. The van der Waals surface area contributed by atoms with Crippen LogP contribution in [0.25, 0.3) is 0 Å². The second-order valence-corrected chi connectivity index (χ2v) is 6.88. The molecule has 1 rings (SSSR count). The number of carbonyl (C=O) groups excluding carboxylic acids is 2. The summed E-state index contributed by atoms with van der Waals surface area (Å²) in [5, 5.41) is 19.3. The molecule has 1 aliphatic carbocycles. The van der Waals surface area contributed by atoms with Gasteiger partial charge in [-0.3, -0.25) is 4.79 Å². The van der Waals surface area contributed by atoms with Crippen LogP contribution in [0.4, 0.5) is 0 Å². The molecule has 5 unspecified atom stereocenters. The predicted octanol–water partition coefficient (Wildman–Crippen LogP) is 1.69. The van der Waals surface area contributed by atoms with Gasteiger partial charge in [0.05, 0.1) is 0 Å². The minimum Gasteiger partial charge on any atom is -0.460 e. The van der Waals surface area contributed by atoms with Crippen LogP contribution in [0.5, 0.6) is 0 Å². The molecule has 0 bridgehead atoms. The van der Waals surface area contributed by atoms with Crippen molar-refractivity contribution < 1.29 is 24.5 Å². The van der Waals surface area contributed by atoms with Gasteiger partial charge in [0.2, 0.25) is 11.4 Å². The molecule has 0 aromatic heterocycles. The summed E-state index contributed by atoms with van der Waals surface area (Å²) in [6.45, 7) is 8.59. The Morgan fingerprint density at radius 3 is 2.29 bits per heavy atom. The highest BCUT2D eigenvalue weighted by molar-refractivity contribution is 6.08. The van der Waals surface area contributed by atoms with Crippen LogP contribution in [0.1, 0.15) is 53.9 Å². The Morgan fingerprint density at radius 2 is 1.81 bits per heavy atom. The van der Waals surface area contributed by atoms with Gasteiger partial charge in [0, 0.05) is 0 Å². The number of rotatable bonds is 5. The van der Waals surface area contributed by atoms with E-state index in [0.29, 0.717) is 11.8 Å². The number of ether oxygens (including phenoxy) is 1. The molecule has 0 heterocycles. The molecular weight excluding hydrogens is 272 g/mol. The van der Waals surface area contributed by atoms with Gasteiger partial charge in [-0.25, -0.2) is 4.79 Å². The lowest BCUT2D eigenvalue weighted by molar-refractivity contribution is -0.181. The van der Waals surface area contributed by atoms with Crippen LogP contribution < -0.4 is 0 Å². The zero-order chi connectivity index (χ0) is 16.4. The summed E-state index contributed by atoms with van der Waals surface area (Å²) in [6.07, 6.45) is 1.13. The second kappa shape index (κ2) is 6.88. The molecule has 0 amide bonds. The number of hydrogen-bond donors (Lipinski definition) is 2. The van der Waals surface area contributed by atoms with Crippen LogP contribution in [-0.4, -0.2) is 39.8 Å². The molecule has 1 aliphatic rings. The van der Waals surface area contributed by atoms with Gasteiger partial charge < -0.3 is 14.9 Å². The van der Waals surface area contributed by atoms with Crippen molar-refractivity contribution >= 4 is 11.8 Å². The van der Waals surface area contributed by atoms with Crippen molar-refractivity contribution in [3.63, 3.8) is 0 Å². The lowest BCUT2D eigenvalue weighted by atomic mass is 9.75. The van der Waals surface area contributed by atoms with Crippen LogP contribution in [0, 0.1) is 17.8 Å². The number of aliphatic hydroxyl groups is 2. The molecule has 21 heavy (non-hydrogen) atoms. The minimum absolute atomic E-state index is 0.239. The standard InChI is InChI=1S/C16H28O5/c1-9(2)12-7-6-10(3)8-13(12)21-15(19)16(5,20)14(18)11(4)17/h9-13,17,20H,6-8H2,1-5H3. The van der Waals surface area contributed by atoms with Gasteiger partial charge in [-0.05, 0) is 44.4 Å². The van der Waals surface area contributed by atoms with Crippen LogP contribution in [-0.2, 0) is 14.3 Å². The van der Waals surface area contributed by atoms with Gasteiger partial charge >= 0.3 is 5.97 Å². The van der Waals surface area contributed by atoms with E-state index in [1.54, 1.807) is 0 Å². The molecule has 0 aromatic carbocycles. The van der Waals surface area contributed by atoms with Crippen molar-refractivity contribution in [1.82, 2.24) is 0 Å². The fraction of sp³-hybridized carbons (Fsp3) is 0.875. The van der Waals surface area contributed by atoms with Gasteiger partial charge in [0.25, 0.3) is 0 Å². The largest absolute Gasteiger partial charge is 0.460 e. The first-order chi connectivity index (χ1) is 9.57. The third-order valence-corrected chi connectivity index (χ3v) is 4.48. The highest BCUT2D eigenvalue weighted by atomic mass is 16.6. The van der Waals surface area contributed by atoms with Gasteiger partial charge in [-0.2, -0.15) is 0 Å². The van der Waals surface area contributed by atoms with E-state index in [4.69, 9.17) is 4.74 Å². The maximum Gasteiger partial charge on any atom is 0.346 e. The first-order valence-corrected chi connectivity index (χ1v) is 7.73. The number of Topliss-reactive ketones (excluding diaryl/α,β-unsaturated/α-hetero) is 1. The quantitative estimate of drug-likeness (QED) is 0.596. The SMILES string of the molecule is CC1CCC(C(C)C)C(OC(=O)C(C)(O)C(=O)C(C)O)C1. The summed E-state index contributed by atoms with van der Waals surface area (Å²) in [4.78, 5) is 23.9. The Hall–Kier alpha value is -0.940. The monoisotopic (exact) mass is 300 g/mol. The fourth-order valence-electron chi connectivity index (χ4n) is 3.01. The highest BCUT2D eigenvalue weighted by Crippen LogP contribution is 2.36. The van der Waals surface area contributed by atoms with Gasteiger partial charge in [-0.1, -0.05) is 27.2 Å². The Bertz CT molecular complexity index is 386. The van der Waals surface area contributed by atoms with E-state index in [1.807, 2.05) is 0 Å². The Labute approximate surface area is 126 Å². The summed E-state index contributed by atoms with van der Waals surface area (Å²) in [5.74, 6) is -0.832. The zero-order valence-electron chi connectivity index (χ0n) is 13.6. The van der Waals surface area contributed by atoms with Crippen molar-refractivity contribution in [2.75, 3.05) is 0 Å². The van der Waals surface area contributed by atoms with Gasteiger partial charge in [0.1, 0.15) is 12.2 Å². The third kappa shape index (κ3) is 4.27. The van der Waals surface area contributed by atoms with E-state index in [-0.39, 0.29) is 12.0 Å². The molecule has 0 radical (unpaired) electrons. The van der Waals surface area contributed by atoms with E-state index in [2.05, 4.69) is 20.8 Å². The smallest absolute Gasteiger partial charge is 0.346 e. The fourth-order valence-corrected chi connectivity index (χ4v) is 3.01. The summed E-state index contributed by atoms with van der Waals surface area (Å²) in [6, 6.07) is 0. The summed E-state index contributed by atoms with van der Waals surface area (Å²) >= 11 is 0. The molecular formula is C16H28O5. The van der Waals surface area contributed by atoms with Crippen LogP contribution in [0.2, 0.25) is 0 Å². The van der Waals surface area contributed by atoms with Gasteiger partial charge in [-0.15, -0.1) is 0 Å². The van der Waals surface area contributed by atoms with E-state index >= 15 is 0 Å². The van der Waals surface area contributed by atoms with Crippen molar-refractivity contribution in [1.29, 1.82) is 0 Å². The van der Waals surface area contributed by atoms with E-state index in [9.17, 15) is 19.8 Å². The minimum atomic E-state index is -2.30. The lowest BCUT2D eigenvalue weighted by Crippen LogP contribution is -2.51. The van der Waals surface area contributed by atoms with Crippen LogP contribution in [0.15, 0.2) is 0 Å². The third-order valence-electron chi connectivity index (χ3n) is 4.48. The van der Waals surface area contributed by atoms with E-state index in [1.165, 1.54) is 6.92 Å². The first-order valence-electron chi connectivity index (χ1n) is 7.73. The van der Waals surface area contributed by atoms with E-state index in [0.717, 1.165) is 26.2 Å². The normalized spacial score (nSPS) is 30.6. The molecule has 5 atom stereocenters. The maximum atomic E-state index is 12.1. The van der Waals surface area contributed by atoms with Crippen molar-refractivity contribution in [3.05, 3.63) is 0 Å². The second-order valence-electron chi connectivity index (χ2n) is 6.88. The highest BCUT2D eigenvalue weighted by Gasteiger charge is 2.45. The molecule has 0 aromatic rings. The molecule has 5 heteroatoms. The van der Waals surface area contributed by atoms with Crippen molar-refractivity contribution in [2.24, 2.45) is 17.8 Å². The Morgan fingerprint density at radius 1 is 1.24 bits per heavy atom. The maximum absolute atomic E-state index is 12.1. The molecule has 5 nitrogen and oxygen atoms in total. The Kier molecular flexibility index (Phi) is 5.93. The zero-order valence-corrected chi connectivity index (χ0v) is 13.6. The number of carbonyl (C=O) groups is 2. The molecule has 1 saturated carbocycles. The van der Waals surface area contributed by atoms with Crippen molar-refractivity contribution in [3.8, 4) is 0 Å². The number of aliphatic hydroxyl groups excluding tert-OH is 1.